The number of nitrogens with zero attached hydrogens (tertiary/aromatic N) is 3. The Morgan fingerprint density at radius 2 is 1.83 bits per heavy atom. The largest absolute Gasteiger partial charge is 0.269 e. The Hall–Kier alpha value is -2.64. The molecule has 0 N–H and O–H groups in total. The number of rotatable bonds is 1. The molecule has 2 aliphatic heterocycles. The molecule has 2 heterocycles. The van der Waals surface area contributed by atoms with Gasteiger partial charge in [-0.3, -0.25) is 9.80 Å². The van der Waals surface area contributed by atoms with Gasteiger partial charge in [0, 0.05) is 18.5 Å². The molecule has 114 valence electrons. The third-order valence-electron chi connectivity index (χ3n) is 4.78. The highest BCUT2D eigenvalue weighted by molar-refractivity contribution is 5.94. The van der Waals surface area contributed by atoms with E-state index in [0.717, 1.165) is 13.0 Å². The zero-order valence-corrected chi connectivity index (χ0v) is 12.7. The van der Waals surface area contributed by atoms with Crippen LogP contribution < -0.4 is 0 Å². The summed E-state index contributed by atoms with van der Waals surface area (Å²) in [6, 6.07) is 19.6. The van der Waals surface area contributed by atoms with Gasteiger partial charge in [0.05, 0.1) is 12.1 Å². The number of hydrogen-bond acceptors (Lipinski definition) is 3. The predicted molar refractivity (Wildman–Crippen MR) is 86.2 cm³/mol. The third kappa shape index (κ3) is 2.21. The second-order valence-electron chi connectivity index (χ2n) is 6.02. The standard InChI is InChI=1S/C19H17N3O/c20-13-16-12-18-17-9-5-4-6-14(17)10-11-21(18)22(16)19(23)15-7-2-1-3-8-15/h1-9,16,18H,10-12H2. The van der Waals surface area contributed by atoms with E-state index in [4.69, 9.17) is 0 Å². The summed E-state index contributed by atoms with van der Waals surface area (Å²) in [5.41, 5.74) is 3.22. The smallest absolute Gasteiger partial charge is 0.268 e. The van der Waals surface area contributed by atoms with Gasteiger partial charge < -0.3 is 0 Å². The first-order valence-corrected chi connectivity index (χ1v) is 7.92. The van der Waals surface area contributed by atoms with E-state index in [1.165, 1.54) is 11.1 Å². The molecule has 4 nitrogen and oxygen atoms in total. The summed E-state index contributed by atoms with van der Waals surface area (Å²) in [4.78, 5) is 12.9. The molecule has 0 aliphatic carbocycles. The van der Waals surface area contributed by atoms with Crippen LogP contribution in [0.2, 0.25) is 0 Å². The second-order valence-corrected chi connectivity index (χ2v) is 6.02. The van der Waals surface area contributed by atoms with E-state index in [1.807, 2.05) is 36.4 Å². The Kier molecular flexibility index (Phi) is 3.36. The van der Waals surface area contributed by atoms with Crippen LogP contribution in [0.25, 0.3) is 0 Å². The quantitative estimate of drug-likeness (QED) is 0.814. The zero-order chi connectivity index (χ0) is 15.8. The molecule has 0 radical (unpaired) electrons. The van der Waals surface area contributed by atoms with E-state index in [2.05, 4.69) is 29.3 Å². The van der Waals surface area contributed by atoms with Crippen molar-refractivity contribution in [3.05, 3.63) is 71.3 Å². The Labute approximate surface area is 135 Å². The van der Waals surface area contributed by atoms with Crippen LogP contribution in [-0.4, -0.2) is 28.5 Å². The van der Waals surface area contributed by atoms with Gasteiger partial charge in [0.15, 0.2) is 0 Å². The van der Waals surface area contributed by atoms with Crippen molar-refractivity contribution in [1.82, 2.24) is 10.0 Å². The lowest BCUT2D eigenvalue weighted by atomic mass is 9.92. The Bertz CT molecular complexity index is 781. The lowest BCUT2D eigenvalue weighted by molar-refractivity contribution is -0.00801. The minimum absolute atomic E-state index is 0.0842. The summed E-state index contributed by atoms with van der Waals surface area (Å²) in [5, 5.41) is 13.3. The number of carbonyl (C=O) groups excluding carboxylic acids is 1. The van der Waals surface area contributed by atoms with Gasteiger partial charge in [0.2, 0.25) is 0 Å². The molecule has 4 rings (SSSR count). The van der Waals surface area contributed by atoms with E-state index in [0.29, 0.717) is 12.0 Å². The second kappa shape index (κ2) is 5.53. The molecule has 2 atom stereocenters. The molecular formula is C19H17N3O. The van der Waals surface area contributed by atoms with Crippen molar-refractivity contribution in [2.45, 2.75) is 24.9 Å². The minimum atomic E-state index is -0.404. The van der Waals surface area contributed by atoms with E-state index < -0.39 is 6.04 Å². The van der Waals surface area contributed by atoms with Gasteiger partial charge in [-0.1, -0.05) is 42.5 Å². The summed E-state index contributed by atoms with van der Waals surface area (Å²) in [5.74, 6) is -0.0842. The van der Waals surface area contributed by atoms with Gasteiger partial charge in [0.25, 0.3) is 5.91 Å². The molecule has 2 aliphatic rings. The topological polar surface area (TPSA) is 47.3 Å². The zero-order valence-electron chi connectivity index (χ0n) is 12.7. The summed E-state index contributed by atoms with van der Waals surface area (Å²) in [6.07, 6.45) is 1.58. The SMILES string of the molecule is N#CC1CC2c3ccccc3CCN2N1C(=O)c1ccccc1. The van der Waals surface area contributed by atoms with Gasteiger partial charge in [-0.2, -0.15) is 5.26 Å². The molecule has 0 bridgehead atoms. The van der Waals surface area contributed by atoms with Crippen LogP contribution in [-0.2, 0) is 6.42 Å². The molecule has 2 aromatic carbocycles. The van der Waals surface area contributed by atoms with Crippen LogP contribution in [0.4, 0.5) is 0 Å². The van der Waals surface area contributed by atoms with Crippen LogP contribution in [0.1, 0.15) is 33.9 Å². The maximum absolute atomic E-state index is 12.9. The van der Waals surface area contributed by atoms with Crippen molar-refractivity contribution < 1.29 is 4.79 Å². The van der Waals surface area contributed by atoms with Gasteiger partial charge in [-0.05, 0) is 29.7 Å². The summed E-state index contributed by atoms with van der Waals surface area (Å²) in [7, 11) is 0. The first-order chi connectivity index (χ1) is 11.3. The molecule has 0 spiro atoms. The van der Waals surface area contributed by atoms with Crippen LogP contribution in [0.15, 0.2) is 54.6 Å². The molecule has 0 saturated carbocycles. The summed E-state index contributed by atoms with van der Waals surface area (Å²) in [6.45, 7) is 0.776. The maximum atomic E-state index is 12.9. The summed E-state index contributed by atoms with van der Waals surface area (Å²) < 4.78 is 0. The van der Waals surface area contributed by atoms with E-state index in [1.54, 1.807) is 5.01 Å². The molecule has 2 aromatic rings. The molecule has 0 aromatic heterocycles. The van der Waals surface area contributed by atoms with Gasteiger partial charge in [-0.25, -0.2) is 5.01 Å². The Morgan fingerprint density at radius 1 is 1.09 bits per heavy atom. The van der Waals surface area contributed by atoms with Gasteiger partial charge in [-0.15, -0.1) is 0 Å². The first kappa shape index (κ1) is 14.0. The number of benzene rings is 2. The highest BCUT2D eigenvalue weighted by Crippen LogP contribution is 2.41. The van der Waals surface area contributed by atoms with Gasteiger partial charge in [0.1, 0.15) is 6.04 Å². The molecule has 1 saturated heterocycles. The number of nitriles is 1. The molecule has 1 fully saturated rings. The van der Waals surface area contributed by atoms with Crippen molar-refractivity contribution in [2.24, 2.45) is 0 Å². The first-order valence-electron chi connectivity index (χ1n) is 7.92. The van der Waals surface area contributed by atoms with Crippen molar-refractivity contribution in [3.8, 4) is 6.07 Å². The Morgan fingerprint density at radius 3 is 2.61 bits per heavy atom. The van der Waals surface area contributed by atoms with Crippen molar-refractivity contribution in [3.63, 3.8) is 0 Å². The molecule has 23 heavy (non-hydrogen) atoms. The number of fused-ring (bicyclic) bond motifs is 3. The van der Waals surface area contributed by atoms with Crippen LogP contribution >= 0.6 is 0 Å². The molecule has 1 amide bonds. The van der Waals surface area contributed by atoms with E-state index in [-0.39, 0.29) is 11.9 Å². The highest BCUT2D eigenvalue weighted by Gasteiger charge is 2.45. The number of hydrogen-bond donors (Lipinski definition) is 0. The number of amides is 1. The average Bonchev–Trinajstić information content (AvgIpc) is 3.01. The fraction of sp³-hybridized carbons (Fsp3) is 0.263. The average molecular weight is 303 g/mol. The normalized spacial score (nSPS) is 23.0. The highest BCUT2D eigenvalue weighted by atomic mass is 16.2. The lowest BCUT2D eigenvalue weighted by Crippen LogP contribution is -2.47. The van der Waals surface area contributed by atoms with Gasteiger partial charge >= 0.3 is 0 Å². The lowest BCUT2D eigenvalue weighted by Gasteiger charge is -2.37. The predicted octanol–water partition coefficient (Wildman–Crippen LogP) is 2.94. The molecule has 4 heteroatoms. The minimum Gasteiger partial charge on any atom is -0.268 e. The number of carbonyl (C=O) groups is 1. The monoisotopic (exact) mass is 303 g/mol. The number of hydrazine groups is 1. The van der Waals surface area contributed by atoms with Crippen molar-refractivity contribution >= 4 is 5.91 Å². The van der Waals surface area contributed by atoms with E-state index in [9.17, 15) is 10.1 Å². The third-order valence-corrected chi connectivity index (χ3v) is 4.78. The van der Waals surface area contributed by atoms with Crippen molar-refractivity contribution in [1.29, 1.82) is 5.26 Å². The van der Waals surface area contributed by atoms with Crippen LogP contribution in [0.5, 0.6) is 0 Å². The van der Waals surface area contributed by atoms with E-state index >= 15 is 0 Å². The fourth-order valence-corrected chi connectivity index (χ4v) is 3.71. The fourth-order valence-electron chi connectivity index (χ4n) is 3.71. The Balaban J connectivity index is 1.72. The maximum Gasteiger partial charge on any atom is 0.269 e. The van der Waals surface area contributed by atoms with Crippen molar-refractivity contribution in [2.75, 3.05) is 6.54 Å². The van der Waals surface area contributed by atoms with Crippen LogP contribution in [0.3, 0.4) is 0 Å². The van der Waals surface area contributed by atoms with Crippen LogP contribution in [0, 0.1) is 11.3 Å². The molecule has 2 unspecified atom stereocenters. The molecular weight excluding hydrogens is 286 g/mol. The summed E-state index contributed by atoms with van der Waals surface area (Å²) >= 11 is 0.